The van der Waals surface area contributed by atoms with Crippen molar-refractivity contribution in [2.75, 3.05) is 33.7 Å². The fourth-order valence-corrected chi connectivity index (χ4v) is 8.77. The lowest BCUT2D eigenvalue weighted by Crippen LogP contribution is -2.50. The zero-order valence-corrected chi connectivity index (χ0v) is 28.5. The van der Waals surface area contributed by atoms with Gasteiger partial charge < -0.3 is 14.4 Å². The minimum absolute atomic E-state index is 0.0206. The maximum absolute atomic E-state index is 14.6. The number of amides is 3. The van der Waals surface area contributed by atoms with Gasteiger partial charge in [-0.2, -0.15) is 12.7 Å². The Morgan fingerprint density at radius 3 is 2.41 bits per heavy atom. The molecule has 2 fully saturated rings. The predicted molar refractivity (Wildman–Crippen MR) is 188 cm³/mol. The largest absolute Gasteiger partial charge is 0.335 e. The Hall–Kier alpha value is -4.74. The van der Waals surface area contributed by atoms with Gasteiger partial charge in [-0.25, -0.2) is 4.72 Å². The molecule has 3 aromatic carbocycles. The summed E-state index contributed by atoms with van der Waals surface area (Å²) in [6, 6.07) is 21.0. The van der Waals surface area contributed by atoms with E-state index in [1.807, 2.05) is 58.3 Å². The van der Waals surface area contributed by atoms with Gasteiger partial charge in [-0.15, -0.1) is 0 Å². The fourth-order valence-electron chi connectivity index (χ4n) is 8.23. The van der Waals surface area contributed by atoms with Crippen molar-refractivity contribution in [3.05, 3.63) is 100 Å². The Labute approximate surface area is 286 Å². The number of carbonyl (C=O) groups is 3. The number of carbonyl (C=O) groups excluding carboxylic acids is 3. The second-order valence-corrected chi connectivity index (χ2v) is 15.6. The van der Waals surface area contributed by atoms with E-state index in [1.165, 1.54) is 26.1 Å². The maximum atomic E-state index is 14.6. The lowest BCUT2D eigenvalue weighted by Gasteiger charge is -2.38. The standard InChI is InChI=1S/C38H39N5O5S/c1-40(2)49(47,48)39-36(44)26-16-17-31-32(21-26)43-22-27(20-25-12-6-7-13-28(25)35(43)34(31)24-10-4-3-5-11-24)37(45)41-18-19-42-33(23-41)29-14-8-9-15-30(29)38(42)46/h6-9,12-17,20-21,24,33H,3-5,10-11,18-19,22-23H2,1-2H3,(H,39,44). The number of piperazine rings is 1. The predicted octanol–water partition coefficient (Wildman–Crippen LogP) is 5.33. The second kappa shape index (κ2) is 12.0. The average molecular weight is 678 g/mol. The molecule has 0 radical (unpaired) electrons. The van der Waals surface area contributed by atoms with Crippen molar-refractivity contribution < 1.29 is 22.8 Å². The molecule has 1 aromatic heterocycles. The molecule has 4 aliphatic rings. The van der Waals surface area contributed by atoms with E-state index in [0.29, 0.717) is 36.7 Å². The molecule has 3 aliphatic heterocycles. The third-order valence-corrected chi connectivity index (χ3v) is 12.1. The van der Waals surface area contributed by atoms with Crippen molar-refractivity contribution in [2.45, 2.75) is 50.6 Å². The van der Waals surface area contributed by atoms with E-state index in [1.54, 1.807) is 12.1 Å². The molecule has 4 heterocycles. The third-order valence-electron chi connectivity index (χ3n) is 10.7. The molecule has 1 N–H and O–H groups in total. The van der Waals surface area contributed by atoms with Crippen molar-refractivity contribution >= 4 is 44.9 Å². The van der Waals surface area contributed by atoms with Gasteiger partial charge in [0.1, 0.15) is 0 Å². The third kappa shape index (κ3) is 5.27. The molecule has 11 heteroatoms. The summed E-state index contributed by atoms with van der Waals surface area (Å²) in [5.41, 5.74) is 7.58. The van der Waals surface area contributed by atoms with Crippen LogP contribution in [0.15, 0.2) is 72.3 Å². The van der Waals surface area contributed by atoms with Crippen LogP contribution in [0.4, 0.5) is 0 Å². The first kappa shape index (κ1) is 31.5. The van der Waals surface area contributed by atoms with E-state index in [-0.39, 0.29) is 30.0 Å². The number of rotatable bonds is 5. The Morgan fingerprint density at radius 1 is 0.898 bits per heavy atom. The molecule has 8 rings (SSSR count). The number of hydrogen-bond donors (Lipinski definition) is 1. The molecule has 1 unspecified atom stereocenters. The lowest BCUT2D eigenvalue weighted by molar-refractivity contribution is -0.129. The van der Waals surface area contributed by atoms with Crippen LogP contribution >= 0.6 is 0 Å². The summed E-state index contributed by atoms with van der Waals surface area (Å²) in [6.07, 6.45) is 7.60. The summed E-state index contributed by atoms with van der Waals surface area (Å²) in [5, 5.41) is 1.02. The van der Waals surface area contributed by atoms with Gasteiger partial charge in [0.25, 0.3) is 17.7 Å². The first-order valence-electron chi connectivity index (χ1n) is 17.0. The molecular formula is C38H39N5O5S. The first-order valence-corrected chi connectivity index (χ1v) is 18.5. The number of aromatic nitrogens is 1. The molecule has 3 amide bonds. The second-order valence-electron chi connectivity index (χ2n) is 13.7. The highest BCUT2D eigenvalue weighted by Crippen LogP contribution is 2.47. The molecule has 49 heavy (non-hydrogen) atoms. The topological polar surface area (TPSA) is 112 Å². The van der Waals surface area contributed by atoms with Crippen molar-refractivity contribution in [3.8, 4) is 11.3 Å². The SMILES string of the molecule is CN(C)S(=O)(=O)NC(=O)c1ccc2c(C3CCCCC3)c3n(c2c1)CC(C(=O)N1CCN2C(=O)c4ccccc4C2C1)=Cc1ccccc1-3. The lowest BCUT2D eigenvalue weighted by atomic mass is 9.81. The fraction of sp³-hybridized carbons (Fsp3) is 0.342. The molecule has 1 atom stereocenters. The molecule has 10 nitrogen and oxygen atoms in total. The molecule has 4 aromatic rings. The minimum atomic E-state index is -3.99. The zero-order chi connectivity index (χ0) is 34.0. The highest BCUT2D eigenvalue weighted by Gasteiger charge is 2.42. The van der Waals surface area contributed by atoms with Crippen LogP contribution in [-0.4, -0.2) is 78.5 Å². The molecule has 0 bridgehead atoms. The molecule has 0 spiro atoms. The normalized spacial score (nSPS) is 19.2. The van der Waals surface area contributed by atoms with E-state index in [9.17, 15) is 22.8 Å². The van der Waals surface area contributed by atoms with Crippen LogP contribution in [0.5, 0.6) is 0 Å². The smallest absolute Gasteiger partial charge is 0.303 e. The van der Waals surface area contributed by atoms with Crippen LogP contribution in [-0.2, 0) is 21.5 Å². The summed E-state index contributed by atoms with van der Waals surface area (Å²) in [5.74, 6) is -0.450. The van der Waals surface area contributed by atoms with Crippen LogP contribution in [0.1, 0.15) is 81.5 Å². The van der Waals surface area contributed by atoms with Crippen LogP contribution in [0.25, 0.3) is 28.2 Å². The van der Waals surface area contributed by atoms with Gasteiger partial charge in [0.15, 0.2) is 0 Å². The minimum Gasteiger partial charge on any atom is -0.335 e. The molecule has 252 valence electrons. The van der Waals surface area contributed by atoms with Crippen LogP contribution in [0, 0.1) is 0 Å². The van der Waals surface area contributed by atoms with Crippen molar-refractivity contribution in [3.63, 3.8) is 0 Å². The van der Waals surface area contributed by atoms with Gasteiger partial charge in [0.2, 0.25) is 0 Å². The average Bonchev–Trinajstić information content (AvgIpc) is 3.51. The van der Waals surface area contributed by atoms with Gasteiger partial charge in [-0.05, 0) is 59.7 Å². The Morgan fingerprint density at radius 2 is 1.63 bits per heavy atom. The van der Waals surface area contributed by atoms with Gasteiger partial charge in [-0.1, -0.05) is 67.8 Å². The van der Waals surface area contributed by atoms with E-state index in [4.69, 9.17) is 0 Å². The number of nitrogens with one attached hydrogen (secondary N) is 1. The van der Waals surface area contributed by atoms with Crippen molar-refractivity contribution in [2.24, 2.45) is 0 Å². The summed E-state index contributed by atoms with van der Waals surface area (Å²) in [7, 11) is -1.25. The Kier molecular flexibility index (Phi) is 7.72. The zero-order valence-electron chi connectivity index (χ0n) is 27.7. The van der Waals surface area contributed by atoms with Gasteiger partial charge in [0.05, 0.1) is 18.3 Å². The van der Waals surface area contributed by atoms with Gasteiger partial charge >= 0.3 is 10.2 Å². The quantitative estimate of drug-likeness (QED) is 0.307. The summed E-state index contributed by atoms with van der Waals surface area (Å²) < 4.78 is 30.4. The monoisotopic (exact) mass is 677 g/mol. The molecular weight excluding hydrogens is 639 g/mol. The highest BCUT2D eigenvalue weighted by molar-refractivity contribution is 7.87. The number of fused-ring (bicyclic) bond motifs is 8. The van der Waals surface area contributed by atoms with Crippen molar-refractivity contribution in [1.29, 1.82) is 0 Å². The van der Waals surface area contributed by atoms with Gasteiger partial charge in [-0.3, -0.25) is 14.4 Å². The van der Waals surface area contributed by atoms with E-state index >= 15 is 0 Å². The molecule has 1 saturated carbocycles. The highest BCUT2D eigenvalue weighted by atomic mass is 32.2. The Balaban J connectivity index is 1.23. The summed E-state index contributed by atoms with van der Waals surface area (Å²) in [4.78, 5) is 44.7. The van der Waals surface area contributed by atoms with Gasteiger partial charge in [0, 0.05) is 66.9 Å². The first-order chi connectivity index (χ1) is 23.6. The number of nitrogens with zero attached hydrogens (tertiary/aromatic N) is 4. The molecule has 1 saturated heterocycles. The van der Waals surface area contributed by atoms with Crippen molar-refractivity contribution in [1.82, 2.24) is 23.4 Å². The van der Waals surface area contributed by atoms with Crippen LogP contribution in [0.2, 0.25) is 0 Å². The van der Waals surface area contributed by atoms with E-state index in [2.05, 4.69) is 21.4 Å². The maximum Gasteiger partial charge on any atom is 0.303 e. The van der Waals surface area contributed by atoms with E-state index in [0.717, 1.165) is 63.3 Å². The molecule has 1 aliphatic carbocycles. The number of hydrogen-bond acceptors (Lipinski definition) is 5. The van der Waals surface area contributed by atoms with Crippen LogP contribution in [0.3, 0.4) is 0 Å². The van der Waals surface area contributed by atoms with E-state index < -0.39 is 16.1 Å². The number of benzene rings is 3. The Bertz CT molecular complexity index is 2180. The summed E-state index contributed by atoms with van der Waals surface area (Å²) in [6.45, 7) is 1.60. The summed E-state index contributed by atoms with van der Waals surface area (Å²) >= 11 is 0. The van der Waals surface area contributed by atoms with Crippen LogP contribution < -0.4 is 4.72 Å².